The minimum absolute atomic E-state index is 0.0791. The minimum Gasteiger partial charge on any atom is -0.490 e. The summed E-state index contributed by atoms with van der Waals surface area (Å²) in [6.07, 6.45) is 2.17. The van der Waals surface area contributed by atoms with E-state index in [0.717, 1.165) is 53.5 Å². The Morgan fingerprint density at radius 3 is 3.16 bits per heavy atom. The third kappa shape index (κ3) is 3.02. The van der Waals surface area contributed by atoms with Crippen LogP contribution in [0.3, 0.4) is 0 Å². The second-order valence-corrected chi connectivity index (χ2v) is 6.58. The minimum atomic E-state index is 0.0791. The molecule has 6 nitrogen and oxygen atoms in total. The highest BCUT2D eigenvalue weighted by Crippen LogP contribution is 2.33. The van der Waals surface area contributed by atoms with E-state index in [4.69, 9.17) is 9.15 Å². The number of hydrogen-bond acceptors (Lipinski definition) is 5. The summed E-state index contributed by atoms with van der Waals surface area (Å²) in [7, 11) is 0. The maximum Gasteiger partial charge on any atom is 0.176 e. The SMILES string of the molecule is CCOc1cccc2cc([C@@H](C)N[C@@H]3CCCn4nc(C)nc43)oc12. The van der Waals surface area contributed by atoms with Gasteiger partial charge in [-0.15, -0.1) is 0 Å². The van der Waals surface area contributed by atoms with Crippen molar-refractivity contribution < 1.29 is 9.15 Å². The molecular formula is C19H24N4O2. The molecule has 0 amide bonds. The van der Waals surface area contributed by atoms with Gasteiger partial charge in [-0.3, -0.25) is 5.32 Å². The average Bonchev–Trinajstić information content (AvgIpc) is 3.19. The molecule has 2 aromatic heterocycles. The van der Waals surface area contributed by atoms with E-state index < -0.39 is 0 Å². The molecule has 0 unspecified atom stereocenters. The first-order valence-electron chi connectivity index (χ1n) is 8.98. The van der Waals surface area contributed by atoms with E-state index in [2.05, 4.69) is 34.5 Å². The van der Waals surface area contributed by atoms with Gasteiger partial charge in [-0.25, -0.2) is 9.67 Å². The molecule has 2 atom stereocenters. The lowest BCUT2D eigenvalue weighted by Gasteiger charge is -2.25. The first kappa shape index (κ1) is 16.1. The van der Waals surface area contributed by atoms with Crippen molar-refractivity contribution in [3.05, 3.63) is 41.7 Å². The van der Waals surface area contributed by atoms with Crippen LogP contribution in [-0.4, -0.2) is 21.4 Å². The Kier molecular flexibility index (Phi) is 4.21. The number of aromatic nitrogens is 3. The van der Waals surface area contributed by atoms with Gasteiger partial charge in [0.1, 0.15) is 17.4 Å². The van der Waals surface area contributed by atoms with Gasteiger partial charge in [0.15, 0.2) is 11.3 Å². The zero-order valence-corrected chi connectivity index (χ0v) is 15.0. The van der Waals surface area contributed by atoms with Gasteiger partial charge in [0.2, 0.25) is 0 Å². The zero-order chi connectivity index (χ0) is 17.4. The van der Waals surface area contributed by atoms with Crippen LogP contribution in [0.15, 0.2) is 28.7 Å². The van der Waals surface area contributed by atoms with E-state index in [9.17, 15) is 0 Å². The number of aryl methyl sites for hydroxylation is 2. The van der Waals surface area contributed by atoms with Crippen molar-refractivity contribution in [3.8, 4) is 5.75 Å². The standard InChI is InChI=1S/C19H24N4O2/c1-4-24-16-9-5-7-14-11-17(25-18(14)16)12(2)20-15-8-6-10-23-19(15)21-13(3)22-23/h5,7,9,11-12,15,20H,4,6,8,10H2,1-3H3/t12-,15-/m1/s1. The second kappa shape index (κ2) is 6.52. The van der Waals surface area contributed by atoms with Gasteiger partial charge >= 0.3 is 0 Å². The predicted octanol–water partition coefficient (Wildman–Crippen LogP) is 3.92. The van der Waals surface area contributed by atoms with Crippen LogP contribution in [0.5, 0.6) is 5.75 Å². The molecule has 25 heavy (non-hydrogen) atoms. The lowest BCUT2D eigenvalue weighted by atomic mass is 10.1. The molecule has 0 bridgehead atoms. The Morgan fingerprint density at radius 2 is 2.32 bits per heavy atom. The number of nitrogens with one attached hydrogen (secondary N) is 1. The predicted molar refractivity (Wildman–Crippen MR) is 95.7 cm³/mol. The Bertz CT molecular complexity index is 883. The van der Waals surface area contributed by atoms with E-state index in [-0.39, 0.29) is 12.1 Å². The lowest BCUT2D eigenvalue weighted by molar-refractivity contribution is 0.319. The summed E-state index contributed by atoms with van der Waals surface area (Å²) in [6.45, 7) is 7.62. The smallest absolute Gasteiger partial charge is 0.176 e. The molecule has 0 saturated heterocycles. The quantitative estimate of drug-likeness (QED) is 0.763. The van der Waals surface area contributed by atoms with Crippen molar-refractivity contribution in [1.82, 2.24) is 20.1 Å². The van der Waals surface area contributed by atoms with Crippen LogP contribution in [0.2, 0.25) is 0 Å². The highest BCUT2D eigenvalue weighted by atomic mass is 16.5. The molecule has 0 spiro atoms. The number of nitrogens with zero attached hydrogens (tertiary/aromatic N) is 3. The van der Waals surface area contributed by atoms with Crippen LogP contribution >= 0.6 is 0 Å². The van der Waals surface area contributed by atoms with Crippen LogP contribution < -0.4 is 10.1 Å². The van der Waals surface area contributed by atoms with Crippen molar-refractivity contribution in [2.24, 2.45) is 0 Å². The molecule has 0 radical (unpaired) electrons. The third-order valence-corrected chi connectivity index (χ3v) is 4.69. The maximum absolute atomic E-state index is 6.12. The monoisotopic (exact) mass is 340 g/mol. The van der Waals surface area contributed by atoms with Gasteiger partial charge in [0.25, 0.3) is 0 Å². The van der Waals surface area contributed by atoms with Crippen LogP contribution in [0.1, 0.15) is 56.2 Å². The Labute approximate surface area is 147 Å². The highest BCUT2D eigenvalue weighted by molar-refractivity contribution is 5.83. The summed E-state index contributed by atoms with van der Waals surface area (Å²) in [5.41, 5.74) is 0.815. The van der Waals surface area contributed by atoms with E-state index in [1.807, 2.05) is 30.7 Å². The Balaban J connectivity index is 1.58. The zero-order valence-electron chi connectivity index (χ0n) is 15.0. The van der Waals surface area contributed by atoms with Crippen molar-refractivity contribution in [3.63, 3.8) is 0 Å². The third-order valence-electron chi connectivity index (χ3n) is 4.69. The van der Waals surface area contributed by atoms with Gasteiger partial charge in [0, 0.05) is 11.9 Å². The molecule has 1 aliphatic heterocycles. The molecular weight excluding hydrogens is 316 g/mol. The van der Waals surface area contributed by atoms with E-state index in [1.54, 1.807) is 0 Å². The summed E-state index contributed by atoms with van der Waals surface area (Å²) in [4.78, 5) is 4.60. The fourth-order valence-electron chi connectivity index (χ4n) is 3.55. The van der Waals surface area contributed by atoms with Crippen molar-refractivity contribution in [1.29, 1.82) is 0 Å². The number of para-hydroxylation sites is 1. The average molecular weight is 340 g/mol. The lowest BCUT2D eigenvalue weighted by Crippen LogP contribution is -2.30. The van der Waals surface area contributed by atoms with Gasteiger partial charge < -0.3 is 9.15 Å². The van der Waals surface area contributed by atoms with E-state index in [1.165, 1.54) is 0 Å². The molecule has 1 aliphatic rings. The molecule has 4 rings (SSSR count). The molecule has 0 fully saturated rings. The molecule has 0 aliphatic carbocycles. The second-order valence-electron chi connectivity index (χ2n) is 6.58. The number of furan rings is 1. The molecule has 132 valence electrons. The Hall–Kier alpha value is -2.34. The summed E-state index contributed by atoms with van der Waals surface area (Å²) < 4.78 is 13.8. The summed E-state index contributed by atoms with van der Waals surface area (Å²) in [5.74, 6) is 3.57. The van der Waals surface area contributed by atoms with Crippen LogP contribution in [0.25, 0.3) is 11.0 Å². The van der Waals surface area contributed by atoms with Crippen LogP contribution in [0.4, 0.5) is 0 Å². The van der Waals surface area contributed by atoms with Gasteiger partial charge in [-0.05, 0) is 45.7 Å². The fourth-order valence-corrected chi connectivity index (χ4v) is 3.55. The summed E-state index contributed by atoms with van der Waals surface area (Å²) in [5, 5.41) is 9.20. The number of hydrogen-bond donors (Lipinski definition) is 1. The summed E-state index contributed by atoms with van der Waals surface area (Å²) >= 11 is 0. The maximum atomic E-state index is 6.12. The highest BCUT2D eigenvalue weighted by Gasteiger charge is 2.26. The number of benzene rings is 1. The van der Waals surface area contributed by atoms with Gasteiger partial charge in [-0.2, -0.15) is 5.10 Å². The molecule has 1 aromatic carbocycles. The number of rotatable bonds is 5. The van der Waals surface area contributed by atoms with Crippen LogP contribution in [-0.2, 0) is 6.54 Å². The summed E-state index contributed by atoms with van der Waals surface area (Å²) in [6, 6.07) is 8.37. The van der Waals surface area contributed by atoms with Crippen molar-refractivity contribution >= 4 is 11.0 Å². The normalized spacial score (nSPS) is 18.3. The van der Waals surface area contributed by atoms with Gasteiger partial charge in [0.05, 0.1) is 18.7 Å². The topological polar surface area (TPSA) is 65.1 Å². The first-order valence-corrected chi connectivity index (χ1v) is 8.98. The van der Waals surface area contributed by atoms with E-state index >= 15 is 0 Å². The van der Waals surface area contributed by atoms with Crippen molar-refractivity contribution in [2.75, 3.05) is 6.61 Å². The van der Waals surface area contributed by atoms with E-state index in [0.29, 0.717) is 6.61 Å². The molecule has 1 N–H and O–H groups in total. The van der Waals surface area contributed by atoms with Gasteiger partial charge in [-0.1, -0.05) is 12.1 Å². The number of fused-ring (bicyclic) bond motifs is 2. The number of ether oxygens (including phenoxy) is 1. The van der Waals surface area contributed by atoms with Crippen LogP contribution in [0, 0.1) is 6.92 Å². The molecule has 6 heteroatoms. The molecule has 3 heterocycles. The Morgan fingerprint density at radius 1 is 1.44 bits per heavy atom. The fraction of sp³-hybridized carbons (Fsp3) is 0.474. The molecule has 0 saturated carbocycles. The first-order chi connectivity index (χ1) is 12.2. The molecule has 3 aromatic rings. The van der Waals surface area contributed by atoms with Crippen molar-refractivity contribution in [2.45, 2.75) is 52.2 Å². The largest absolute Gasteiger partial charge is 0.490 e.